The molecule has 2 aliphatic heterocycles. The van der Waals surface area contributed by atoms with Crippen molar-refractivity contribution in [2.45, 2.75) is 31.8 Å². The summed E-state index contributed by atoms with van der Waals surface area (Å²) >= 11 is 5.81. The van der Waals surface area contributed by atoms with Crippen LogP contribution in [-0.2, 0) is 16.0 Å². The second-order valence-corrected chi connectivity index (χ2v) is 7.98. The van der Waals surface area contributed by atoms with Crippen molar-refractivity contribution < 1.29 is 23.5 Å². The van der Waals surface area contributed by atoms with E-state index in [0.717, 1.165) is 12.0 Å². The smallest absolute Gasteiger partial charge is 0.270 e. The number of rotatable bonds is 5. The molecule has 4 rings (SSSR count). The average Bonchev–Trinajstić information content (AvgIpc) is 3.27. The highest BCUT2D eigenvalue weighted by Gasteiger charge is 2.32. The second kappa shape index (κ2) is 9.20. The fourth-order valence-corrected chi connectivity index (χ4v) is 3.94. The number of ether oxygens (including phenoxy) is 2. The first-order chi connectivity index (χ1) is 15.0. The Hall–Kier alpha value is -2.71. The summed E-state index contributed by atoms with van der Waals surface area (Å²) in [6.07, 6.45) is 1.07. The molecule has 0 saturated carbocycles. The average molecular weight is 448 g/mol. The van der Waals surface area contributed by atoms with Crippen LogP contribution in [-0.4, -0.2) is 54.6 Å². The van der Waals surface area contributed by atoms with E-state index >= 15 is 0 Å². The molecule has 1 saturated heterocycles. The molecular weight excluding hydrogens is 425 g/mol. The molecule has 2 aliphatic rings. The highest BCUT2D eigenvalue weighted by atomic mass is 35.5. The molecule has 0 unspecified atom stereocenters. The van der Waals surface area contributed by atoms with Crippen LogP contribution in [0.5, 0.6) is 5.88 Å². The molecule has 0 aliphatic carbocycles. The zero-order valence-corrected chi connectivity index (χ0v) is 17.8. The van der Waals surface area contributed by atoms with Gasteiger partial charge in [0.25, 0.3) is 5.91 Å². The van der Waals surface area contributed by atoms with Gasteiger partial charge in [-0.25, -0.2) is 9.37 Å². The lowest BCUT2D eigenvalue weighted by Crippen LogP contribution is -2.46. The minimum Gasteiger partial charge on any atom is -0.474 e. The normalized spacial score (nSPS) is 20.2. The molecule has 0 bridgehead atoms. The number of hydrogen-bond donors (Lipinski definition) is 1. The predicted octanol–water partition coefficient (Wildman–Crippen LogP) is 2.68. The number of fused-ring (bicyclic) bond motifs is 1. The Labute approximate surface area is 184 Å². The minimum atomic E-state index is -0.340. The molecule has 2 atom stereocenters. The number of aromatic nitrogens is 1. The van der Waals surface area contributed by atoms with Gasteiger partial charge in [0.05, 0.1) is 18.7 Å². The molecule has 1 fully saturated rings. The summed E-state index contributed by atoms with van der Waals surface area (Å²) in [5, 5.41) is 2.95. The van der Waals surface area contributed by atoms with E-state index in [1.807, 2.05) is 6.92 Å². The van der Waals surface area contributed by atoms with Gasteiger partial charge in [-0.2, -0.15) is 0 Å². The summed E-state index contributed by atoms with van der Waals surface area (Å²) in [5.41, 5.74) is 2.10. The summed E-state index contributed by atoms with van der Waals surface area (Å²) in [4.78, 5) is 31.6. The summed E-state index contributed by atoms with van der Waals surface area (Å²) < 4.78 is 24.4. The van der Waals surface area contributed by atoms with E-state index in [-0.39, 0.29) is 53.8 Å². The number of nitrogens with one attached hydrogen (secondary N) is 1. The Morgan fingerprint density at radius 2 is 2.06 bits per heavy atom. The maximum Gasteiger partial charge on any atom is 0.270 e. The zero-order valence-electron chi connectivity index (χ0n) is 17.1. The largest absolute Gasteiger partial charge is 0.474 e. The number of benzene rings is 1. The molecule has 1 aromatic heterocycles. The maximum absolute atomic E-state index is 13.3. The second-order valence-electron chi connectivity index (χ2n) is 7.71. The highest BCUT2D eigenvalue weighted by Crippen LogP contribution is 2.35. The molecular formula is C22H23ClFN3O4. The highest BCUT2D eigenvalue weighted by molar-refractivity contribution is 6.29. The lowest BCUT2D eigenvalue weighted by Gasteiger charge is -2.34. The van der Waals surface area contributed by atoms with Gasteiger partial charge in [-0.1, -0.05) is 12.1 Å². The van der Waals surface area contributed by atoms with Crippen molar-refractivity contribution in [3.63, 3.8) is 0 Å². The molecule has 2 aromatic rings. The molecule has 1 N–H and O–H groups in total. The topological polar surface area (TPSA) is 80.8 Å². The lowest BCUT2D eigenvalue weighted by molar-refractivity contribution is -0.117. The molecule has 0 radical (unpaired) electrons. The van der Waals surface area contributed by atoms with E-state index in [9.17, 15) is 14.0 Å². The third-order valence-corrected chi connectivity index (χ3v) is 5.61. The Bertz CT molecular complexity index is 979. The lowest BCUT2D eigenvalue weighted by atomic mass is 10.0. The van der Waals surface area contributed by atoms with E-state index in [1.165, 1.54) is 12.1 Å². The number of hydrogen-bond acceptors (Lipinski definition) is 5. The van der Waals surface area contributed by atoms with Gasteiger partial charge in [-0.3, -0.25) is 9.59 Å². The Morgan fingerprint density at radius 3 is 2.74 bits per heavy atom. The third-order valence-electron chi connectivity index (χ3n) is 5.38. The first-order valence-corrected chi connectivity index (χ1v) is 10.7. The number of alkyl halides is 1. The van der Waals surface area contributed by atoms with Gasteiger partial charge >= 0.3 is 0 Å². The van der Waals surface area contributed by atoms with Crippen LogP contribution in [0.25, 0.3) is 0 Å². The molecule has 2 amide bonds. The molecule has 1 aromatic carbocycles. The van der Waals surface area contributed by atoms with Crippen molar-refractivity contribution in [2.24, 2.45) is 0 Å². The third kappa shape index (κ3) is 4.65. The Balaban J connectivity index is 1.74. The van der Waals surface area contributed by atoms with E-state index in [2.05, 4.69) is 10.3 Å². The number of carbonyl (C=O) groups excluding carboxylic acids is 2. The van der Waals surface area contributed by atoms with Crippen LogP contribution in [0.15, 0.2) is 30.3 Å². The van der Waals surface area contributed by atoms with Crippen LogP contribution in [0.1, 0.15) is 35.0 Å². The van der Waals surface area contributed by atoms with Gasteiger partial charge in [0, 0.05) is 6.61 Å². The van der Waals surface area contributed by atoms with Gasteiger partial charge in [0.1, 0.15) is 29.7 Å². The van der Waals surface area contributed by atoms with Gasteiger partial charge in [-0.05, 0) is 49.1 Å². The summed E-state index contributed by atoms with van der Waals surface area (Å²) in [5.74, 6) is -0.914. The fraction of sp³-hybridized carbons (Fsp3) is 0.409. The van der Waals surface area contributed by atoms with Crippen LogP contribution < -0.4 is 15.0 Å². The number of carbonyl (C=O) groups is 2. The van der Waals surface area contributed by atoms with Crippen molar-refractivity contribution >= 4 is 29.1 Å². The quantitative estimate of drug-likeness (QED) is 0.713. The van der Waals surface area contributed by atoms with Crippen LogP contribution in [0.4, 0.5) is 10.1 Å². The van der Waals surface area contributed by atoms with Crippen molar-refractivity contribution in [2.75, 3.05) is 30.6 Å². The molecule has 9 heteroatoms. The zero-order chi connectivity index (χ0) is 22.0. The minimum absolute atomic E-state index is 0.0840. The maximum atomic E-state index is 13.3. The van der Waals surface area contributed by atoms with E-state index in [0.29, 0.717) is 30.9 Å². The standard InChI is InChI=1S/C22H23ClFN3O4/c1-13-11-31-22-18(27(13)19(28)10-23)9-15(8-14-2-4-16(24)5-3-14)20(26-22)21(29)25-17-6-7-30-12-17/h2-5,9,13,17H,6-8,10-12H2,1H3,(H,25,29)/t13-,17-/m0/s1. The first kappa shape index (κ1) is 21.5. The number of nitrogens with zero attached hydrogens (tertiary/aromatic N) is 2. The predicted molar refractivity (Wildman–Crippen MR) is 113 cm³/mol. The van der Waals surface area contributed by atoms with Crippen LogP contribution in [0.2, 0.25) is 0 Å². The number of amides is 2. The van der Waals surface area contributed by atoms with Crippen molar-refractivity contribution in [1.29, 1.82) is 0 Å². The van der Waals surface area contributed by atoms with Gasteiger partial charge < -0.3 is 19.7 Å². The van der Waals surface area contributed by atoms with Crippen LogP contribution in [0.3, 0.4) is 0 Å². The molecule has 31 heavy (non-hydrogen) atoms. The Kier molecular flexibility index (Phi) is 6.38. The summed E-state index contributed by atoms with van der Waals surface area (Å²) in [7, 11) is 0. The van der Waals surface area contributed by atoms with E-state index in [1.54, 1.807) is 23.1 Å². The van der Waals surface area contributed by atoms with E-state index in [4.69, 9.17) is 21.1 Å². The molecule has 7 nitrogen and oxygen atoms in total. The SMILES string of the molecule is C[C@H]1COc2nc(C(=O)N[C@H]3CCOC3)c(Cc3ccc(F)cc3)cc2N1C(=O)CCl. The van der Waals surface area contributed by atoms with Gasteiger partial charge in [0.2, 0.25) is 11.8 Å². The van der Waals surface area contributed by atoms with Crippen molar-refractivity contribution in [3.8, 4) is 5.88 Å². The first-order valence-electron chi connectivity index (χ1n) is 10.1. The molecule has 3 heterocycles. The number of halogens is 2. The van der Waals surface area contributed by atoms with Crippen molar-refractivity contribution in [3.05, 3.63) is 53.0 Å². The molecule has 164 valence electrons. The van der Waals surface area contributed by atoms with Crippen LogP contribution >= 0.6 is 11.6 Å². The Morgan fingerprint density at radius 1 is 1.29 bits per heavy atom. The van der Waals surface area contributed by atoms with Crippen molar-refractivity contribution in [1.82, 2.24) is 10.3 Å². The van der Waals surface area contributed by atoms with Gasteiger partial charge in [-0.15, -0.1) is 11.6 Å². The summed E-state index contributed by atoms with van der Waals surface area (Å²) in [6.45, 7) is 3.16. The van der Waals surface area contributed by atoms with E-state index < -0.39 is 0 Å². The fourth-order valence-electron chi connectivity index (χ4n) is 3.82. The number of anilines is 1. The number of pyridine rings is 1. The van der Waals surface area contributed by atoms with Gasteiger partial charge in [0.15, 0.2) is 0 Å². The van der Waals surface area contributed by atoms with Crippen LogP contribution in [0, 0.1) is 5.82 Å². The monoisotopic (exact) mass is 447 g/mol. The summed E-state index contributed by atoms with van der Waals surface area (Å²) in [6, 6.07) is 7.47. The molecule has 0 spiro atoms.